The number of nitro benzene ring substituents is 1. The predicted octanol–water partition coefficient (Wildman–Crippen LogP) is 6.60. The summed E-state index contributed by atoms with van der Waals surface area (Å²) in [5.41, 5.74) is 2.44. The third kappa shape index (κ3) is 3.96. The largest absolute Gasteiger partial charge is 0.436 e. The smallest absolute Gasteiger partial charge is 0.288 e. The van der Waals surface area contributed by atoms with E-state index >= 15 is 0 Å². The van der Waals surface area contributed by atoms with Crippen LogP contribution in [0.15, 0.2) is 64.0 Å². The summed E-state index contributed by atoms with van der Waals surface area (Å²) in [6, 6.07) is 13.5. The van der Waals surface area contributed by atoms with E-state index in [2.05, 4.69) is 9.98 Å². The maximum atomic E-state index is 13.2. The molecule has 6 nitrogen and oxygen atoms in total. The molecule has 0 fully saturated rings. The molecular weight excluding hydrogens is 420 g/mol. The summed E-state index contributed by atoms with van der Waals surface area (Å²) in [6.07, 6.45) is 1.49. The number of nitro groups is 1. The third-order valence-electron chi connectivity index (χ3n) is 4.06. The van der Waals surface area contributed by atoms with Gasteiger partial charge in [0.2, 0.25) is 5.89 Å². The molecule has 0 radical (unpaired) electrons. The van der Waals surface area contributed by atoms with Crippen molar-refractivity contribution in [2.45, 2.75) is 0 Å². The van der Waals surface area contributed by atoms with E-state index in [4.69, 9.17) is 27.6 Å². The minimum absolute atomic E-state index is 0.0585. The summed E-state index contributed by atoms with van der Waals surface area (Å²) < 4.78 is 18.9. The van der Waals surface area contributed by atoms with Gasteiger partial charge in [0.15, 0.2) is 5.58 Å². The van der Waals surface area contributed by atoms with Crippen molar-refractivity contribution in [2.24, 2.45) is 4.99 Å². The fraction of sp³-hybridized carbons (Fsp3) is 0. The van der Waals surface area contributed by atoms with Crippen LogP contribution in [0.2, 0.25) is 10.0 Å². The third-order valence-corrected chi connectivity index (χ3v) is 4.69. The number of halogens is 3. The molecule has 0 saturated carbocycles. The minimum atomic E-state index is -0.552. The molecule has 1 heterocycles. The molecule has 144 valence electrons. The first-order valence-corrected chi connectivity index (χ1v) is 9.00. The summed E-state index contributed by atoms with van der Waals surface area (Å²) in [5.74, 6) is -0.187. The van der Waals surface area contributed by atoms with E-state index < -0.39 is 10.7 Å². The lowest BCUT2D eigenvalue weighted by Crippen LogP contribution is -1.91. The molecule has 0 saturated heterocycles. The normalized spacial score (nSPS) is 11.4. The zero-order valence-corrected chi connectivity index (χ0v) is 16.0. The number of hydrogen-bond donors (Lipinski definition) is 0. The molecule has 1 aromatic heterocycles. The molecule has 0 spiro atoms. The van der Waals surface area contributed by atoms with Gasteiger partial charge in [-0.25, -0.2) is 9.37 Å². The molecule has 4 aromatic rings. The number of aliphatic imine (C=N–C) groups is 1. The summed E-state index contributed by atoms with van der Waals surface area (Å²) in [7, 11) is 0. The lowest BCUT2D eigenvalue weighted by Gasteiger charge is -1.98. The van der Waals surface area contributed by atoms with Gasteiger partial charge in [0.05, 0.1) is 21.2 Å². The topological polar surface area (TPSA) is 81.5 Å². The van der Waals surface area contributed by atoms with E-state index in [0.717, 1.165) is 0 Å². The van der Waals surface area contributed by atoms with Crippen LogP contribution in [0.1, 0.15) is 5.56 Å². The van der Waals surface area contributed by atoms with Crippen LogP contribution in [0.25, 0.3) is 22.6 Å². The molecule has 3 aromatic carbocycles. The van der Waals surface area contributed by atoms with Crippen LogP contribution in [-0.4, -0.2) is 16.1 Å². The number of nitrogens with zero attached hydrogens (tertiary/aromatic N) is 3. The Kier molecular flexibility index (Phi) is 5.00. The van der Waals surface area contributed by atoms with Crippen molar-refractivity contribution < 1.29 is 13.7 Å². The van der Waals surface area contributed by atoms with Gasteiger partial charge in [0.25, 0.3) is 5.69 Å². The standard InChI is InChI=1S/C20H10Cl2FN3O3/c21-15-5-1-11(7-18(15)26(27)28)10-24-13-3-6-19-17(9-13)25-20(29-19)14-4-2-12(23)8-16(14)22/h1-10H. The predicted molar refractivity (Wildman–Crippen MR) is 110 cm³/mol. The van der Waals surface area contributed by atoms with Crippen molar-refractivity contribution in [3.05, 3.63) is 86.1 Å². The highest BCUT2D eigenvalue weighted by molar-refractivity contribution is 6.33. The first-order chi connectivity index (χ1) is 13.9. The average Bonchev–Trinajstić information content (AvgIpc) is 3.10. The van der Waals surface area contributed by atoms with Gasteiger partial charge in [-0.1, -0.05) is 29.3 Å². The first-order valence-electron chi connectivity index (χ1n) is 8.25. The van der Waals surface area contributed by atoms with Gasteiger partial charge in [-0.15, -0.1) is 0 Å². The van der Waals surface area contributed by atoms with E-state index in [0.29, 0.717) is 27.9 Å². The maximum Gasteiger partial charge on any atom is 0.288 e. The SMILES string of the molecule is O=[N+]([O-])c1cc(C=Nc2ccc3oc(-c4ccc(F)cc4Cl)nc3c2)ccc1Cl. The van der Waals surface area contributed by atoms with Crippen LogP contribution in [0, 0.1) is 15.9 Å². The van der Waals surface area contributed by atoms with Crippen molar-refractivity contribution in [1.82, 2.24) is 4.98 Å². The second-order valence-corrected chi connectivity index (χ2v) is 6.84. The Labute approximate surface area is 173 Å². The minimum Gasteiger partial charge on any atom is -0.436 e. The molecule has 0 unspecified atom stereocenters. The zero-order valence-electron chi connectivity index (χ0n) is 14.5. The fourth-order valence-corrected chi connectivity index (χ4v) is 3.11. The molecule has 29 heavy (non-hydrogen) atoms. The maximum absolute atomic E-state index is 13.2. The van der Waals surface area contributed by atoms with Gasteiger partial charge < -0.3 is 4.42 Å². The summed E-state index contributed by atoms with van der Waals surface area (Å²) >= 11 is 11.9. The number of aromatic nitrogens is 1. The molecule has 9 heteroatoms. The van der Waals surface area contributed by atoms with E-state index in [-0.39, 0.29) is 21.6 Å². The fourth-order valence-electron chi connectivity index (χ4n) is 2.67. The van der Waals surface area contributed by atoms with Crippen molar-refractivity contribution in [2.75, 3.05) is 0 Å². The van der Waals surface area contributed by atoms with E-state index in [1.807, 2.05) is 0 Å². The molecule has 0 aliphatic rings. The van der Waals surface area contributed by atoms with Crippen LogP contribution in [-0.2, 0) is 0 Å². The Bertz CT molecular complexity index is 1290. The molecule has 4 rings (SSSR count). The van der Waals surface area contributed by atoms with Crippen LogP contribution in [0.5, 0.6) is 0 Å². The molecular formula is C20H10Cl2FN3O3. The Morgan fingerprint density at radius 3 is 2.66 bits per heavy atom. The molecule has 0 atom stereocenters. The quantitative estimate of drug-likeness (QED) is 0.208. The summed E-state index contributed by atoms with van der Waals surface area (Å²) in [6.45, 7) is 0. The monoisotopic (exact) mass is 429 g/mol. The number of fused-ring (bicyclic) bond motifs is 1. The van der Waals surface area contributed by atoms with Gasteiger partial charge in [-0.05, 0) is 48.0 Å². The Hall–Kier alpha value is -3.29. The second-order valence-electron chi connectivity index (χ2n) is 6.02. The van der Waals surface area contributed by atoms with E-state index in [9.17, 15) is 14.5 Å². The molecule has 0 N–H and O–H groups in total. The van der Waals surface area contributed by atoms with Crippen molar-refractivity contribution >= 4 is 51.9 Å². The Morgan fingerprint density at radius 1 is 1.07 bits per heavy atom. The van der Waals surface area contributed by atoms with Crippen LogP contribution in [0.3, 0.4) is 0 Å². The van der Waals surface area contributed by atoms with Gasteiger partial charge in [-0.2, -0.15) is 0 Å². The highest BCUT2D eigenvalue weighted by Crippen LogP contribution is 2.32. The number of hydrogen-bond acceptors (Lipinski definition) is 5. The first kappa shape index (κ1) is 19.0. The summed E-state index contributed by atoms with van der Waals surface area (Å²) in [4.78, 5) is 19.1. The van der Waals surface area contributed by atoms with Crippen LogP contribution < -0.4 is 0 Å². The molecule has 0 aliphatic heterocycles. The van der Waals surface area contributed by atoms with Gasteiger partial charge in [0, 0.05) is 12.3 Å². The Balaban J connectivity index is 1.65. The van der Waals surface area contributed by atoms with Gasteiger partial charge in [-0.3, -0.25) is 15.1 Å². The number of benzene rings is 3. The lowest BCUT2D eigenvalue weighted by atomic mass is 10.2. The van der Waals surface area contributed by atoms with Gasteiger partial charge >= 0.3 is 0 Å². The van der Waals surface area contributed by atoms with Gasteiger partial charge in [0.1, 0.15) is 16.4 Å². The highest BCUT2D eigenvalue weighted by atomic mass is 35.5. The molecule has 0 amide bonds. The van der Waals surface area contributed by atoms with Crippen molar-refractivity contribution in [3.8, 4) is 11.5 Å². The van der Waals surface area contributed by atoms with Crippen molar-refractivity contribution in [3.63, 3.8) is 0 Å². The summed E-state index contributed by atoms with van der Waals surface area (Å²) in [5, 5.41) is 11.2. The van der Waals surface area contributed by atoms with Crippen LogP contribution >= 0.6 is 23.2 Å². The number of oxazole rings is 1. The zero-order chi connectivity index (χ0) is 20.5. The molecule has 0 aliphatic carbocycles. The lowest BCUT2D eigenvalue weighted by molar-refractivity contribution is -0.384. The number of rotatable bonds is 4. The van der Waals surface area contributed by atoms with E-state index in [1.54, 1.807) is 24.3 Å². The van der Waals surface area contributed by atoms with E-state index in [1.165, 1.54) is 36.5 Å². The average molecular weight is 430 g/mol. The van der Waals surface area contributed by atoms with Crippen molar-refractivity contribution in [1.29, 1.82) is 0 Å². The van der Waals surface area contributed by atoms with Crippen LogP contribution in [0.4, 0.5) is 15.8 Å². The molecule has 0 bridgehead atoms. The Morgan fingerprint density at radius 2 is 1.90 bits per heavy atom. The highest BCUT2D eigenvalue weighted by Gasteiger charge is 2.13. The second kappa shape index (κ2) is 7.62.